The van der Waals surface area contributed by atoms with Gasteiger partial charge in [-0.2, -0.15) is 0 Å². The molecule has 0 unspecified atom stereocenters. The van der Waals surface area contributed by atoms with Crippen LogP contribution in [0.4, 0.5) is 0 Å². The predicted octanol–water partition coefficient (Wildman–Crippen LogP) is 2.78. The van der Waals surface area contributed by atoms with Crippen molar-refractivity contribution in [2.45, 2.75) is 33.6 Å². The van der Waals surface area contributed by atoms with Crippen LogP contribution in [0.2, 0.25) is 0 Å². The van der Waals surface area contributed by atoms with Crippen molar-refractivity contribution in [3.8, 4) is 5.69 Å². The molecule has 0 aliphatic carbocycles. The maximum Gasteiger partial charge on any atom is 0.303 e. The van der Waals surface area contributed by atoms with Gasteiger partial charge in [-0.25, -0.2) is 0 Å². The SMILES string of the molecule is Cc1ccc(-n2cc(CCC(=O)O)c(=O)cc2C)c(C)c1. The van der Waals surface area contributed by atoms with Crippen molar-refractivity contribution in [3.05, 3.63) is 63.1 Å². The number of carboxylic acids is 1. The van der Waals surface area contributed by atoms with Gasteiger partial charge in [-0.1, -0.05) is 17.7 Å². The number of rotatable bonds is 4. The molecule has 0 radical (unpaired) electrons. The number of aryl methyl sites for hydroxylation is 4. The average Bonchev–Trinajstić information content (AvgIpc) is 2.38. The molecule has 2 aromatic rings. The summed E-state index contributed by atoms with van der Waals surface area (Å²) in [5, 5.41) is 8.77. The van der Waals surface area contributed by atoms with Crippen molar-refractivity contribution in [1.82, 2.24) is 4.57 Å². The molecule has 0 saturated heterocycles. The molecule has 0 aliphatic rings. The van der Waals surface area contributed by atoms with E-state index in [1.54, 1.807) is 12.3 Å². The van der Waals surface area contributed by atoms with Crippen LogP contribution < -0.4 is 5.43 Å². The van der Waals surface area contributed by atoms with Crippen LogP contribution in [0, 0.1) is 20.8 Å². The molecular formula is C17H19NO3. The van der Waals surface area contributed by atoms with E-state index < -0.39 is 5.97 Å². The van der Waals surface area contributed by atoms with Crippen LogP contribution in [0.1, 0.15) is 28.8 Å². The number of nitrogens with zero attached hydrogens (tertiary/aromatic N) is 1. The number of hydrogen-bond donors (Lipinski definition) is 1. The Labute approximate surface area is 123 Å². The summed E-state index contributed by atoms with van der Waals surface area (Å²) >= 11 is 0. The lowest BCUT2D eigenvalue weighted by Crippen LogP contribution is -2.15. The minimum Gasteiger partial charge on any atom is -0.481 e. The van der Waals surface area contributed by atoms with E-state index in [-0.39, 0.29) is 18.3 Å². The number of carbonyl (C=O) groups is 1. The largest absolute Gasteiger partial charge is 0.481 e. The third-order valence-corrected chi connectivity index (χ3v) is 3.54. The lowest BCUT2D eigenvalue weighted by Gasteiger charge is -2.15. The van der Waals surface area contributed by atoms with Gasteiger partial charge in [0.25, 0.3) is 0 Å². The van der Waals surface area contributed by atoms with Crippen LogP contribution in [0.15, 0.2) is 35.3 Å². The highest BCUT2D eigenvalue weighted by molar-refractivity contribution is 5.67. The molecule has 110 valence electrons. The summed E-state index contributed by atoms with van der Waals surface area (Å²) in [6, 6.07) is 7.69. The van der Waals surface area contributed by atoms with Gasteiger partial charge in [0.15, 0.2) is 5.43 Å². The Morgan fingerprint density at radius 3 is 2.52 bits per heavy atom. The normalized spacial score (nSPS) is 10.6. The molecule has 2 rings (SSSR count). The Hall–Kier alpha value is -2.36. The van der Waals surface area contributed by atoms with E-state index in [9.17, 15) is 9.59 Å². The van der Waals surface area contributed by atoms with Gasteiger partial charge in [0.05, 0.1) is 0 Å². The summed E-state index contributed by atoms with van der Waals surface area (Å²) in [6.45, 7) is 5.94. The Morgan fingerprint density at radius 1 is 1.19 bits per heavy atom. The summed E-state index contributed by atoms with van der Waals surface area (Å²) in [5.74, 6) is -0.895. The molecule has 1 aromatic heterocycles. The smallest absolute Gasteiger partial charge is 0.303 e. The van der Waals surface area contributed by atoms with Gasteiger partial charge in [-0.15, -0.1) is 0 Å². The molecule has 1 N–H and O–H groups in total. The monoisotopic (exact) mass is 285 g/mol. The van der Waals surface area contributed by atoms with Crippen molar-refractivity contribution in [3.63, 3.8) is 0 Å². The zero-order valence-corrected chi connectivity index (χ0v) is 12.5. The zero-order valence-electron chi connectivity index (χ0n) is 12.5. The molecule has 1 aromatic carbocycles. The number of aliphatic carboxylic acids is 1. The molecule has 0 spiro atoms. The zero-order chi connectivity index (χ0) is 15.6. The van der Waals surface area contributed by atoms with Crippen LogP contribution in [0.5, 0.6) is 0 Å². The average molecular weight is 285 g/mol. The van der Waals surface area contributed by atoms with E-state index in [0.717, 1.165) is 16.9 Å². The first-order chi connectivity index (χ1) is 9.88. The Morgan fingerprint density at radius 2 is 1.90 bits per heavy atom. The van der Waals surface area contributed by atoms with Crippen molar-refractivity contribution >= 4 is 5.97 Å². The molecule has 0 fully saturated rings. The summed E-state index contributed by atoms with van der Waals surface area (Å²) in [6.07, 6.45) is 1.98. The van der Waals surface area contributed by atoms with Gasteiger partial charge >= 0.3 is 5.97 Å². The highest BCUT2D eigenvalue weighted by Crippen LogP contribution is 2.17. The molecule has 1 heterocycles. The van der Waals surface area contributed by atoms with Crippen LogP contribution in [-0.4, -0.2) is 15.6 Å². The number of benzene rings is 1. The van der Waals surface area contributed by atoms with Crippen LogP contribution in [0.3, 0.4) is 0 Å². The first kappa shape index (κ1) is 15.0. The van der Waals surface area contributed by atoms with Gasteiger partial charge in [0.2, 0.25) is 0 Å². The highest BCUT2D eigenvalue weighted by atomic mass is 16.4. The number of carboxylic acid groups (broad SMARTS) is 1. The van der Waals surface area contributed by atoms with E-state index in [4.69, 9.17) is 5.11 Å². The number of aromatic nitrogens is 1. The van der Waals surface area contributed by atoms with Crippen molar-refractivity contribution in [2.24, 2.45) is 0 Å². The van der Waals surface area contributed by atoms with E-state index in [1.165, 1.54) is 5.56 Å². The lowest BCUT2D eigenvalue weighted by atomic mass is 10.1. The summed E-state index contributed by atoms with van der Waals surface area (Å²) in [4.78, 5) is 22.7. The first-order valence-electron chi connectivity index (χ1n) is 6.90. The Kier molecular flexibility index (Phi) is 4.26. The van der Waals surface area contributed by atoms with E-state index in [0.29, 0.717) is 5.56 Å². The Balaban J connectivity index is 2.50. The number of pyridine rings is 1. The summed E-state index contributed by atoms with van der Waals surface area (Å²) in [7, 11) is 0. The van der Waals surface area contributed by atoms with Gasteiger partial charge in [0, 0.05) is 35.6 Å². The second kappa shape index (κ2) is 5.95. The molecule has 0 amide bonds. The fourth-order valence-corrected chi connectivity index (χ4v) is 2.44. The van der Waals surface area contributed by atoms with Gasteiger partial charge in [-0.05, 0) is 38.8 Å². The third-order valence-electron chi connectivity index (χ3n) is 3.54. The maximum atomic E-state index is 12.0. The Bertz CT molecular complexity index is 744. The van der Waals surface area contributed by atoms with Crippen molar-refractivity contribution in [1.29, 1.82) is 0 Å². The minimum atomic E-state index is -0.895. The quantitative estimate of drug-likeness (QED) is 0.939. The predicted molar refractivity (Wildman–Crippen MR) is 82.2 cm³/mol. The third kappa shape index (κ3) is 3.40. The van der Waals surface area contributed by atoms with Gasteiger partial charge in [0.1, 0.15) is 0 Å². The fraction of sp³-hybridized carbons (Fsp3) is 0.294. The molecule has 4 nitrogen and oxygen atoms in total. The standard InChI is InChI=1S/C17H19NO3/c1-11-4-6-15(12(2)8-11)18-10-14(5-7-17(20)21)16(19)9-13(18)3/h4,6,8-10H,5,7H2,1-3H3,(H,20,21). The van der Waals surface area contributed by atoms with Gasteiger partial charge in [-0.3, -0.25) is 9.59 Å². The van der Waals surface area contributed by atoms with E-state index >= 15 is 0 Å². The van der Waals surface area contributed by atoms with E-state index in [1.807, 2.05) is 37.5 Å². The highest BCUT2D eigenvalue weighted by Gasteiger charge is 2.09. The molecule has 0 bridgehead atoms. The van der Waals surface area contributed by atoms with Crippen LogP contribution in [-0.2, 0) is 11.2 Å². The topological polar surface area (TPSA) is 59.3 Å². The molecule has 0 atom stereocenters. The lowest BCUT2D eigenvalue weighted by molar-refractivity contribution is -0.136. The second-order valence-corrected chi connectivity index (χ2v) is 5.36. The molecular weight excluding hydrogens is 266 g/mol. The fourth-order valence-electron chi connectivity index (χ4n) is 2.44. The minimum absolute atomic E-state index is 0.0365. The van der Waals surface area contributed by atoms with E-state index in [2.05, 4.69) is 6.07 Å². The summed E-state index contributed by atoms with van der Waals surface area (Å²) < 4.78 is 1.95. The van der Waals surface area contributed by atoms with Crippen molar-refractivity contribution < 1.29 is 9.90 Å². The van der Waals surface area contributed by atoms with Crippen LogP contribution in [0.25, 0.3) is 5.69 Å². The molecule has 0 saturated carbocycles. The van der Waals surface area contributed by atoms with Crippen molar-refractivity contribution in [2.75, 3.05) is 0 Å². The second-order valence-electron chi connectivity index (χ2n) is 5.36. The summed E-state index contributed by atoms with van der Waals surface area (Å²) in [5.41, 5.74) is 4.57. The first-order valence-corrected chi connectivity index (χ1v) is 6.90. The molecule has 4 heteroatoms. The molecule has 0 aliphatic heterocycles. The maximum absolute atomic E-state index is 12.0. The van der Waals surface area contributed by atoms with Gasteiger partial charge < -0.3 is 9.67 Å². The molecule has 21 heavy (non-hydrogen) atoms. The van der Waals surface area contributed by atoms with Crippen LogP contribution >= 0.6 is 0 Å². The number of hydrogen-bond acceptors (Lipinski definition) is 2.